The summed E-state index contributed by atoms with van der Waals surface area (Å²) >= 11 is 0. The molecular formula is C14H23N3O3. The van der Waals surface area contributed by atoms with E-state index in [0.717, 1.165) is 30.8 Å². The first-order valence-electron chi connectivity index (χ1n) is 7.36. The van der Waals surface area contributed by atoms with Crippen LogP contribution < -0.4 is 5.32 Å². The molecule has 0 aliphatic carbocycles. The number of amides is 3. The van der Waals surface area contributed by atoms with Gasteiger partial charge >= 0.3 is 0 Å². The Kier molecular flexibility index (Phi) is 4.75. The summed E-state index contributed by atoms with van der Waals surface area (Å²) in [4.78, 5) is 38.6. The van der Waals surface area contributed by atoms with Gasteiger partial charge in [-0.1, -0.05) is 12.8 Å². The molecule has 3 amide bonds. The van der Waals surface area contributed by atoms with Gasteiger partial charge in [-0.25, -0.2) is 0 Å². The fourth-order valence-corrected chi connectivity index (χ4v) is 2.82. The molecule has 2 rings (SSSR count). The van der Waals surface area contributed by atoms with Gasteiger partial charge in [-0.3, -0.25) is 24.6 Å². The molecule has 2 saturated heterocycles. The van der Waals surface area contributed by atoms with Crippen molar-refractivity contribution in [2.24, 2.45) is 0 Å². The van der Waals surface area contributed by atoms with Gasteiger partial charge in [0.2, 0.25) is 17.7 Å². The molecule has 2 heterocycles. The molecule has 112 valence electrons. The second kappa shape index (κ2) is 6.35. The Bertz CT molecular complexity index is 402. The van der Waals surface area contributed by atoms with E-state index in [9.17, 15) is 14.4 Å². The molecule has 2 unspecified atom stereocenters. The van der Waals surface area contributed by atoms with Gasteiger partial charge in [0.05, 0.1) is 18.5 Å². The third-order valence-corrected chi connectivity index (χ3v) is 4.12. The van der Waals surface area contributed by atoms with Crippen molar-refractivity contribution in [2.75, 3.05) is 20.1 Å². The number of nitrogens with zero attached hydrogens (tertiary/aromatic N) is 2. The van der Waals surface area contributed by atoms with E-state index in [4.69, 9.17) is 0 Å². The standard InChI is InChI=1S/C14H23N3O3/c1-10(13(19)17-7-5-3-4-6-8-17)15-11-9-12(18)16(2)14(11)20/h10-11,15H,3-9H2,1-2H3. The van der Waals surface area contributed by atoms with E-state index in [0.29, 0.717) is 0 Å². The summed E-state index contributed by atoms with van der Waals surface area (Å²) in [5.74, 6) is -0.408. The zero-order valence-electron chi connectivity index (χ0n) is 12.2. The Morgan fingerprint density at radius 2 is 1.80 bits per heavy atom. The Labute approximate surface area is 119 Å². The van der Waals surface area contributed by atoms with Crippen LogP contribution in [0.15, 0.2) is 0 Å². The lowest BCUT2D eigenvalue weighted by Gasteiger charge is -2.26. The zero-order chi connectivity index (χ0) is 14.7. The highest BCUT2D eigenvalue weighted by Crippen LogP contribution is 2.14. The number of carbonyl (C=O) groups excluding carboxylic acids is 3. The molecule has 0 spiro atoms. The summed E-state index contributed by atoms with van der Waals surface area (Å²) in [6, 6.07) is -0.986. The average molecular weight is 281 g/mol. The highest BCUT2D eigenvalue weighted by atomic mass is 16.2. The minimum Gasteiger partial charge on any atom is -0.341 e. The number of likely N-dealkylation sites (tertiary alicyclic amines) is 2. The smallest absolute Gasteiger partial charge is 0.246 e. The summed E-state index contributed by atoms with van der Waals surface area (Å²) in [6.45, 7) is 3.36. The summed E-state index contributed by atoms with van der Waals surface area (Å²) in [5.41, 5.74) is 0. The lowest BCUT2D eigenvalue weighted by atomic mass is 10.2. The van der Waals surface area contributed by atoms with Crippen molar-refractivity contribution < 1.29 is 14.4 Å². The molecule has 2 aliphatic heterocycles. The maximum atomic E-state index is 12.4. The van der Waals surface area contributed by atoms with Crippen LogP contribution in [0.3, 0.4) is 0 Å². The van der Waals surface area contributed by atoms with E-state index in [1.165, 1.54) is 19.9 Å². The molecule has 0 bridgehead atoms. The van der Waals surface area contributed by atoms with Gasteiger partial charge < -0.3 is 4.90 Å². The largest absolute Gasteiger partial charge is 0.341 e. The number of hydrogen-bond donors (Lipinski definition) is 1. The Hall–Kier alpha value is -1.43. The van der Waals surface area contributed by atoms with Crippen LogP contribution >= 0.6 is 0 Å². The monoisotopic (exact) mass is 281 g/mol. The zero-order valence-corrected chi connectivity index (χ0v) is 12.2. The maximum Gasteiger partial charge on any atom is 0.246 e. The fourth-order valence-electron chi connectivity index (χ4n) is 2.82. The second-order valence-electron chi connectivity index (χ2n) is 5.68. The summed E-state index contributed by atoms with van der Waals surface area (Å²) in [5, 5.41) is 3.00. The van der Waals surface area contributed by atoms with Crippen molar-refractivity contribution in [3.63, 3.8) is 0 Å². The molecule has 0 saturated carbocycles. The number of imide groups is 1. The highest BCUT2D eigenvalue weighted by molar-refractivity contribution is 6.05. The van der Waals surface area contributed by atoms with E-state index < -0.39 is 12.1 Å². The number of hydrogen-bond acceptors (Lipinski definition) is 4. The normalized spacial score (nSPS) is 25.8. The summed E-state index contributed by atoms with van der Waals surface area (Å²) in [7, 11) is 1.48. The molecule has 6 nitrogen and oxygen atoms in total. The van der Waals surface area contributed by atoms with Crippen LogP contribution in [0.5, 0.6) is 0 Å². The molecule has 1 N–H and O–H groups in total. The number of rotatable bonds is 3. The van der Waals surface area contributed by atoms with Crippen LogP contribution in [0.2, 0.25) is 0 Å². The van der Waals surface area contributed by atoms with Gasteiger partial charge in [0.15, 0.2) is 0 Å². The lowest BCUT2D eigenvalue weighted by Crippen LogP contribution is -2.50. The average Bonchev–Trinajstić information content (AvgIpc) is 2.69. The van der Waals surface area contributed by atoms with E-state index in [1.807, 2.05) is 4.90 Å². The van der Waals surface area contributed by atoms with Crippen LogP contribution in [0, 0.1) is 0 Å². The van der Waals surface area contributed by atoms with Crippen LogP contribution in [0.1, 0.15) is 39.0 Å². The van der Waals surface area contributed by atoms with Gasteiger partial charge in [-0.05, 0) is 19.8 Å². The third-order valence-electron chi connectivity index (χ3n) is 4.12. The Balaban J connectivity index is 1.90. The van der Waals surface area contributed by atoms with Crippen molar-refractivity contribution in [3.8, 4) is 0 Å². The first-order chi connectivity index (χ1) is 9.50. The van der Waals surface area contributed by atoms with E-state index in [2.05, 4.69) is 5.32 Å². The molecule has 0 radical (unpaired) electrons. The molecule has 0 aromatic rings. The molecule has 2 aliphatic rings. The Morgan fingerprint density at radius 3 is 2.30 bits per heavy atom. The minimum absolute atomic E-state index is 0.0294. The van der Waals surface area contributed by atoms with Gasteiger partial charge in [0, 0.05) is 20.1 Å². The van der Waals surface area contributed by atoms with Gasteiger partial charge in [-0.2, -0.15) is 0 Å². The third kappa shape index (κ3) is 3.17. The highest BCUT2D eigenvalue weighted by Gasteiger charge is 2.37. The number of carbonyl (C=O) groups is 3. The first-order valence-corrected chi connectivity index (χ1v) is 7.36. The first kappa shape index (κ1) is 15.0. The number of likely N-dealkylation sites (N-methyl/N-ethyl adjacent to an activating group) is 1. The second-order valence-corrected chi connectivity index (χ2v) is 5.68. The van der Waals surface area contributed by atoms with E-state index >= 15 is 0 Å². The van der Waals surface area contributed by atoms with Crippen LogP contribution in [0.25, 0.3) is 0 Å². The van der Waals surface area contributed by atoms with Crippen molar-refractivity contribution in [1.82, 2.24) is 15.1 Å². The van der Waals surface area contributed by atoms with Crippen LogP contribution in [-0.4, -0.2) is 59.7 Å². The topological polar surface area (TPSA) is 69.7 Å². The predicted molar refractivity (Wildman–Crippen MR) is 73.8 cm³/mol. The van der Waals surface area contributed by atoms with E-state index in [-0.39, 0.29) is 24.1 Å². The van der Waals surface area contributed by atoms with Gasteiger partial charge in [0.1, 0.15) is 0 Å². The van der Waals surface area contributed by atoms with Gasteiger partial charge in [-0.15, -0.1) is 0 Å². The fraction of sp³-hybridized carbons (Fsp3) is 0.786. The molecule has 0 aromatic carbocycles. The van der Waals surface area contributed by atoms with Crippen molar-refractivity contribution in [1.29, 1.82) is 0 Å². The quantitative estimate of drug-likeness (QED) is 0.746. The predicted octanol–water partition coefficient (Wildman–Crippen LogP) is 0.124. The molecule has 0 aromatic heterocycles. The maximum absolute atomic E-state index is 12.4. The van der Waals surface area contributed by atoms with Crippen LogP contribution in [0.4, 0.5) is 0 Å². The van der Waals surface area contributed by atoms with Crippen LogP contribution in [-0.2, 0) is 14.4 Å². The minimum atomic E-state index is -0.557. The summed E-state index contributed by atoms with van der Waals surface area (Å²) in [6.07, 6.45) is 4.58. The van der Waals surface area contributed by atoms with Gasteiger partial charge in [0.25, 0.3) is 0 Å². The van der Waals surface area contributed by atoms with E-state index in [1.54, 1.807) is 6.92 Å². The lowest BCUT2D eigenvalue weighted by molar-refractivity contribution is -0.137. The molecule has 2 fully saturated rings. The Morgan fingerprint density at radius 1 is 1.20 bits per heavy atom. The molecule has 2 atom stereocenters. The molecule has 6 heteroatoms. The van der Waals surface area contributed by atoms with Crippen molar-refractivity contribution in [2.45, 2.75) is 51.1 Å². The summed E-state index contributed by atoms with van der Waals surface area (Å²) < 4.78 is 0. The number of nitrogens with one attached hydrogen (secondary N) is 1. The van der Waals surface area contributed by atoms with Crippen molar-refractivity contribution >= 4 is 17.7 Å². The van der Waals surface area contributed by atoms with Crippen molar-refractivity contribution in [3.05, 3.63) is 0 Å². The SMILES string of the molecule is CC(NC1CC(=O)N(C)C1=O)C(=O)N1CCCCCC1. The molecule has 20 heavy (non-hydrogen) atoms. The molecular weight excluding hydrogens is 258 g/mol.